The van der Waals surface area contributed by atoms with Crippen LogP contribution in [0.25, 0.3) is 0 Å². The SMILES string of the molecule is CCCCN(CC(=O)NCc1ccccc1)C(=O)[C@]12CCC(C)(C)C[C@H]1C1=CC[C@@H]3[C@@]4(C)CC[C@H](OC(C)=O)C(C)(C)[C@@H]4CC[C@@]3(C)[C@]1(C)CC2. The number of hydrogen-bond donors (Lipinski definition) is 1. The van der Waals surface area contributed by atoms with Crippen molar-refractivity contribution in [2.24, 2.45) is 50.2 Å². The van der Waals surface area contributed by atoms with Gasteiger partial charge >= 0.3 is 5.97 Å². The molecule has 5 aliphatic rings. The van der Waals surface area contributed by atoms with Gasteiger partial charge in [0.05, 0.1) is 12.0 Å². The molecular formula is C45H68N2O4. The Morgan fingerprint density at radius 2 is 1.59 bits per heavy atom. The maximum atomic E-state index is 15.2. The summed E-state index contributed by atoms with van der Waals surface area (Å²) in [5, 5.41) is 3.11. The largest absolute Gasteiger partial charge is 0.462 e. The number of ether oxygens (including phenoxy) is 1. The van der Waals surface area contributed by atoms with Gasteiger partial charge in [-0.15, -0.1) is 0 Å². The minimum Gasteiger partial charge on any atom is -0.462 e. The zero-order valence-electron chi connectivity index (χ0n) is 33.5. The first kappa shape index (κ1) is 38.1. The lowest BCUT2D eigenvalue weighted by molar-refractivity contribution is -0.212. The van der Waals surface area contributed by atoms with E-state index in [-0.39, 0.29) is 63.4 Å². The van der Waals surface area contributed by atoms with Crippen LogP contribution in [-0.4, -0.2) is 41.9 Å². The number of amides is 2. The smallest absolute Gasteiger partial charge is 0.302 e. The highest BCUT2D eigenvalue weighted by Gasteiger charge is 2.69. The lowest BCUT2D eigenvalue weighted by atomic mass is 9.33. The fourth-order valence-electron chi connectivity index (χ4n) is 13.0. The van der Waals surface area contributed by atoms with Gasteiger partial charge in [-0.25, -0.2) is 0 Å². The Labute approximate surface area is 309 Å². The second-order valence-corrected chi connectivity index (χ2v) is 19.7. The molecule has 0 unspecified atom stereocenters. The molecule has 0 bridgehead atoms. The van der Waals surface area contributed by atoms with Crippen molar-refractivity contribution in [3.05, 3.63) is 47.5 Å². The average Bonchev–Trinajstić information content (AvgIpc) is 3.07. The second kappa shape index (κ2) is 13.7. The number of fused-ring (bicyclic) bond motifs is 7. The standard InChI is InChI=1S/C45H68N2O4/c1-10-11-27-47(30-38(49)46-29-32-15-13-12-14-16-32)39(50)45-25-23-40(3,4)28-34(45)33-17-18-36-42(7)21-20-37(51-31(2)48)41(5,6)35(42)19-22-44(36,9)43(33,8)24-26-45/h12-17,34-37H,10-11,18-30H2,1-9H3,(H,46,49)/t34-,35-,36+,37-,42-,43+,44+,45-/m0/s1. The lowest BCUT2D eigenvalue weighted by Gasteiger charge is -2.71. The van der Waals surface area contributed by atoms with Gasteiger partial charge < -0.3 is 15.0 Å². The van der Waals surface area contributed by atoms with E-state index in [1.54, 1.807) is 12.5 Å². The molecule has 0 saturated heterocycles. The quantitative estimate of drug-likeness (QED) is 0.206. The van der Waals surface area contributed by atoms with Crippen molar-refractivity contribution < 1.29 is 19.1 Å². The molecule has 51 heavy (non-hydrogen) atoms. The highest BCUT2D eigenvalue weighted by atomic mass is 16.5. The van der Waals surface area contributed by atoms with Crippen molar-refractivity contribution in [3.63, 3.8) is 0 Å². The van der Waals surface area contributed by atoms with Crippen molar-refractivity contribution in [1.29, 1.82) is 0 Å². The van der Waals surface area contributed by atoms with Crippen LogP contribution in [0.15, 0.2) is 42.0 Å². The Hall–Kier alpha value is -2.63. The van der Waals surface area contributed by atoms with E-state index in [2.05, 4.69) is 66.8 Å². The van der Waals surface area contributed by atoms with Gasteiger partial charge in [0, 0.05) is 25.4 Å². The number of nitrogens with one attached hydrogen (secondary N) is 1. The van der Waals surface area contributed by atoms with E-state index in [9.17, 15) is 9.59 Å². The molecule has 1 N–H and O–H groups in total. The van der Waals surface area contributed by atoms with E-state index >= 15 is 4.79 Å². The summed E-state index contributed by atoms with van der Waals surface area (Å²) in [6.45, 7) is 22.2. The summed E-state index contributed by atoms with van der Waals surface area (Å²) in [6.07, 6.45) is 14.8. The van der Waals surface area contributed by atoms with Gasteiger partial charge in [-0.2, -0.15) is 0 Å². The molecule has 6 nitrogen and oxygen atoms in total. The highest BCUT2D eigenvalue weighted by Crippen LogP contribution is 2.76. The number of benzene rings is 1. The summed E-state index contributed by atoms with van der Waals surface area (Å²) < 4.78 is 5.97. The number of unbranched alkanes of at least 4 members (excludes halogenated alkanes) is 1. The number of carbonyl (C=O) groups excluding carboxylic acids is 3. The third kappa shape index (κ3) is 6.41. The Balaban J connectivity index is 1.31. The van der Waals surface area contributed by atoms with Crippen LogP contribution in [0.3, 0.4) is 0 Å². The van der Waals surface area contributed by atoms with Gasteiger partial charge in [0.2, 0.25) is 11.8 Å². The second-order valence-electron chi connectivity index (χ2n) is 19.7. The number of allylic oxidation sites excluding steroid dienone is 2. The molecule has 0 aromatic heterocycles. The third-order valence-corrected chi connectivity index (χ3v) is 16.0. The number of rotatable bonds is 9. The molecule has 0 heterocycles. The summed E-state index contributed by atoms with van der Waals surface area (Å²) in [6, 6.07) is 10.0. The molecule has 1 aromatic rings. The van der Waals surface area contributed by atoms with Gasteiger partial charge in [0.15, 0.2) is 0 Å². The van der Waals surface area contributed by atoms with Crippen molar-refractivity contribution in [3.8, 4) is 0 Å². The van der Waals surface area contributed by atoms with Crippen molar-refractivity contribution in [2.45, 2.75) is 152 Å². The van der Waals surface area contributed by atoms with Crippen LogP contribution >= 0.6 is 0 Å². The molecule has 6 rings (SSSR count). The van der Waals surface area contributed by atoms with E-state index in [1.165, 1.54) is 6.42 Å². The minimum atomic E-state index is -0.456. The van der Waals surface area contributed by atoms with Crippen LogP contribution in [0.1, 0.15) is 145 Å². The van der Waals surface area contributed by atoms with E-state index in [1.807, 2.05) is 35.2 Å². The van der Waals surface area contributed by atoms with Gasteiger partial charge in [0.25, 0.3) is 0 Å². The molecule has 4 fully saturated rings. The summed E-state index contributed by atoms with van der Waals surface area (Å²) in [5.74, 6) is 1.23. The van der Waals surface area contributed by atoms with Crippen LogP contribution in [0.5, 0.6) is 0 Å². The minimum absolute atomic E-state index is 0.0178. The third-order valence-electron chi connectivity index (χ3n) is 16.0. The Morgan fingerprint density at radius 1 is 0.882 bits per heavy atom. The predicted octanol–water partition coefficient (Wildman–Crippen LogP) is 9.66. The summed E-state index contributed by atoms with van der Waals surface area (Å²) in [7, 11) is 0. The summed E-state index contributed by atoms with van der Waals surface area (Å²) in [4.78, 5) is 42.7. The number of esters is 1. The molecular weight excluding hydrogens is 633 g/mol. The normalized spacial score (nSPS) is 37.7. The van der Waals surface area contributed by atoms with Crippen molar-refractivity contribution in [1.82, 2.24) is 10.2 Å². The molecule has 0 aliphatic heterocycles. The van der Waals surface area contributed by atoms with Gasteiger partial charge in [-0.1, -0.05) is 104 Å². The summed E-state index contributed by atoms with van der Waals surface area (Å²) >= 11 is 0. The molecule has 0 spiro atoms. The first-order chi connectivity index (χ1) is 23.9. The number of carbonyl (C=O) groups is 3. The molecule has 5 aliphatic carbocycles. The van der Waals surface area contributed by atoms with Crippen LogP contribution in [-0.2, 0) is 25.7 Å². The monoisotopic (exact) mass is 701 g/mol. The maximum Gasteiger partial charge on any atom is 0.302 e. The van der Waals surface area contributed by atoms with E-state index in [4.69, 9.17) is 4.74 Å². The van der Waals surface area contributed by atoms with Gasteiger partial charge in [-0.3, -0.25) is 14.4 Å². The Bertz CT molecular complexity index is 1510. The lowest BCUT2D eigenvalue weighted by Crippen LogP contribution is -2.66. The molecule has 282 valence electrons. The van der Waals surface area contributed by atoms with Crippen molar-refractivity contribution >= 4 is 17.8 Å². The van der Waals surface area contributed by atoms with E-state index in [0.717, 1.165) is 76.2 Å². The van der Waals surface area contributed by atoms with Crippen LogP contribution < -0.4 is 5.32 Å². The van der Waals surface area contributed by atoms with E-state index in [0.29, 0.717) is 24.9 Å². The zero-order chi connectivity index (χ0) is 37.0. The molecule has 0 radical (unpaired) electrons. The Kier molecular flexibility index (Phi) is 10.2. The average molecular weight is 701 g/mol. The van der Waals surface area contributed by atoms with Crippen LogP contribution in [0, 0.1) is 50.2 Å². The van der Waals surface area contributed by atoms with Crippen LogP contribution in [0.2, 0.25) is 0 Å². The fourth-order valence-corrected chi connectivity index (χ4v) is 13.0. The summed E-state index contributed by atoms with van der Waals surface area (Å²) in [5.41, 5.74) is 2.58. The Morgan fingerprint density at radius 3 is 2.27 bits per heavy atom. The van der Waals surface area contributed by atoms with Crippen LogP contribution in [0.4, 0.5) is 0 Å². The molecule has 1 aromatic carbocycles. The fraction of sp³-hybridized carbons (Fsp3) is 0.756. The highest BCUT2D eigenvalue weighted by molar-refractivity contribution is 5.89. The van der Waals surface area contributed by atoms with Gasteiger partial charge in [0.1, 0.15) is 6.10 Å². The molecule has 2 amide bonds. The molecule has 6 heteroatoms. The molecule has 8 atom stereocenters. The predicted molar refractivity (Wildman–Crippen MR) is 204 cm³/mol. The van der Waals surface area contributed by atoms with E-state index < -0.39 is 5.41 Å². The maximum absolute atomic E-state index is 15.2. The number of nitrogens with zero attached hydrogens (tertiary/aromatic N) is 1. The van der Waals surface area contributed by atoms with Gasteiger partial charge in [-0.05, 0) is 116 Å². The first-order valence-corrected chi connectivity index (χ1v) is 20.4. The topological polar surface area (TPSA) is 75.7 Å². The zero-order valence-corrected chi connectivity index (χ0v) is 33.5. The first-order valence-electron chi connectivity index (χ1n) is 20.4. The number of hydrogen-bond acceptors (Lipinski definition) is 4. The molecule has 4 saturated carbocycles. The van der Waals surface area contributed by atoms with Crippen molar-refractivity contribution in [2.75, 3.05) is 13.1 Å².